The zero-order valence-electron chi connectivity index (χ0n) is 17.2. The van der Waals surface area contributed by atoms with Crippen LogP contribution >= 0.6 is 0 Å². The van der Waals surface area contributed by atoms with Crippen LogP contribution in [0.5, 0.6) is 0 Å². The van der Waals surface area contributed by atoms with Gasteiger partial charge in [-0.3, -0.25) is 14.6 Å². The molecule has 0 aliphatic heterocycles. The Labute approximate surface area is 158 Å². The van der Waals surface area contributed by atoms with E-state index in [4.69, 9.17) is 0 Å². The van der Waals surface area contributed by atoms with Gasteiger partial charge in [0.25, 0.3) is 0 Å². The van der Waals surface area contributed by atoms with Gasteiger partial charge in [-0.2, -0.15) is 5.10 Å². The SMILES string of the molecule is CN=C(NCCN(CC1CC1)C1CC1)NC(C)Cc1c(C)nn(C)c1C. The van der Waals surface area contributed by atoms with Gasteiger partial charge >= 0.3 is 0 Å². The normalized spacial score (nSPS) is 19.1. The number of guanidine groups is 1. The Balaban J connectivity index is 1.43. The van der Waals surface area contributed by atoms with Gasteiger partial charge in [0.1, 0.15) is 0 Å². The summed E-state index contributed by atoms with van der Waals surface area (Å²) in [5.41, 5.74) is 3.72. The standard InChI is InChI=1S/C20H36N6/c1-14(12-19-15(2)24-25(5)16(19)3)23-20(21-4)22-10-11-26(18-8-9-18)13-17-6-7-17/h14,17-18H,6-13H2,1-5H3,(H2,21,22,23). The van der Waals surface area contributed by atoms with Gasteiger partial charge in [0.15, 0.2) is 5.96 Å². The van der Waals surface area contributed by atoms with Crippen molar-refractivity contribution in [2.75, 3.05) is 26.7 Å². The molecule has 1 heterocycles. The molecule has 0 bridgehead atoms. The van der Waals surface area contributed by atoms with E-state index in [9.17, 15) is 0 Å². The summed E-state index contributed by atoms with van der Waals surface area (Å²) < 4.78 is 1.97. The highest BCUT2D eigenvalue weighted by Crippen LogP contribution is 2.34. The fourth-order valence-electron chi connectivity index (χ4n) is 3.71. The van der Waals surface area contributed by atoms with E-state index in [0.29, 0.717) is 6.04 Å². The van der Waals surface area contributed by atoms with Crippen LogP contribution in [0.15, 0.2) is 4.99 Å². The van der Waals surface area contributed by atoms with E-state index in [0.717, 1.165) is 43.1 Å². The molecule has 0 aromatic carbocycles. The first kappa shape index (κ1) is 19.2. The summed E-state index contributed by atoms with van der Waals surface area (Å²) in [5.74, 6) is 1.87. The van der Waals surface area contributed by atoms with Crippen LogP contribution in [-0.2, 0) is 13.5 Å². The van der Waals surface area contributed by atoms with Crippen LogP contribution in [0.3, 0.4) is 0 Å². The van der Waals surface area contributed by atoms with E-state index in [2.05, 4.69) is 46.4 Å². The van der Waals surface area contributed by atoms with Crippen LogP contribution in [0, 0.1) is 19.8 Å². The first-order valence-corrected chi connectivity index (χ1v) is 10.2. The molecular formula is C20H36N6. The van der Waals surface area contributed by atoms with Crippen LogP contribution in [0.2, 0.25) is 0 Å². The average Bonchev–Trinajstić information content (AvgIpc) is 3.50. The molecule has 6 heteroatoms. The van der Waals surface area contributed by atoms with Gasteiger partial charge in [0.2, 0.25) is 0 Å². The molecule has 1 unspecified atom stereocenters. The zero-order chi connectivity index (χ0) is 18.7. The number of aryl methyl sites for hydroxylation is 2. The smallest absolute Gasteiger partial charge is 0.191 e. The van der Waals surface area contributed by atoms with Crippen molar-refractivity contribution in [1.29, 1.82) is 0 Å². The number of nitrogens with one attached hydrogen (secondary N) is 2. The molecular weight excluding hydrogens is 324 g/mol. The summed E-state index contributed by atoms with van der Waals surface area (Å²) in [6.45, 7) is 9.82. The van der Waals surface area contributed by atoms with Gasteiger partial charge in [-0.25, -0.2) is 0 Å². The van der Waals surface area contributed by atoms with Gasteiger partial charge < -0.3 is 10.6 Å². The maximum absolute atomic E-state index is 4.52. The van der Waals surface area contributed by atoms with Crippen LogP contribution in [0.25, 0.3) is 0 Å². The third-order valence-corrected chi connectivity index (χ3v) is 5.72. The van der Waals surface area contributed by atoms with Crippen molar-refractivity contribution in [3.63, 3.8) is 0 Å². The lowest BCUT2D eigenvalue weighted by atomic mass is 10.1. The fourth-order valence-corrected chi connectivity index (χ4v) is 3.71. The van der Waals surface area contributed by atoms with Gasteiger partial charge in [-0.05, 0) is 64.4 Å². The number of rotatable bonds is 9. The molecule has 146 valence electrons. The molecule has 2 aliphatic rings. The number of hydrogen-bond donors (Lipinski definition) is 2. The maximum Gasteiger partial charge on any atom is 0.191 e. The first-order chi connectivity index (χ1) is 12.5. The molecule has 2 fully saturated rings. The number of nitrogens with zero attached hydrogens (tertiary/aromatic N) is 4. The summed E-state index contributed by atoms with van der Waals surface area (Å²) >= 11 is 0. The van der Waals surface area contributed by atoms with E-state index in [1.165, 1.54) is 43.5 Å². The fraction of sp³-hybridized carbons (Fsp3) is 0.800. The minimum absolute atomic E-state index is 0.314. The lowest BCUT2D eigenvalue weighted by Gasteiger charge is -2.23. The predicted molar refractivity (Wildman–Crippen MR) is 108 cm³/mol. The largest absolute Gasteiger partial charge is 0.355 e. The van der Waals surface area contributed by atoms with Crippen molar-refractivity contribution >= 4 is 5.96 Å². The van der Waals surface area contributed by atoms with Crippen LogP contribution in [0.1, 0.15) is 49.6 Å². The summed E-state index contributed by atoms with van der Waals surface area (Å²) in [7, 11) is 3.86. The molecule has 26 heavy (non-hydrogen) atoms. The van der Waals surface area contributed by atoms with Crippen molar-refractivity contribution in [3.05, 3.63) is 17.0 Å². The van der Waals surface area contributed by atoms with Gasteiger partial charge in [-0.15, -0.1) is 0 Å². The predicted octanol–water partition coefficient (Wildman–Crippen LogP) is 2.01. The van der Waals surface area contributed by atoms with E-state index < -0.39 is 0 Å². The molecule has 0 spiro atoms. The zero-order valence-corrected chi connectivity index (χ0v) is 17.2. The molecule has 0 radical (unpaired) electrons. The third-order valence-electron chi connectivity index (χ3n) is 5.72. The van der Waals surface area contributed by atoms with Crippen LogP contribution < -0.4 is 10.6 Å². The second-order valence-corrected chi connectivity index (χ2v) is 8.19. The summed E-state index contributed by atoms with van der Waals surface area (Å²) in [5, 5.41) is 11.6. The quantitative estimate of drug-likeness (QED) is 0.522. The third kappa shape index (κ3) is 5.22. The molecule has 3 rings (SSSR count). The molecule has 6 nitrogen and oxygen atoms in total. The van der Waals surface area contributed by atoms with Crippen molar-refractivity contribution in [2.24, 2.45) is 18.0 Å². The van der Waals surface area contributed by atoms with E-state index >= 15 is 0 Å². The summed E-state index contributed by atoms with van der Waals surface area (Å²) in [4.78, 5) is 7.09. The molecule has 2 saturated carbocycles. The van der Waals surface area contributed by atoms with Gasteiger partial charge in [0, 0.05) is 51.5 Å². The topological polar surface area (TPSA) is 57.5 Å². The van der Waals surface area contributed by atoms with Crippen molar-refractivity contribution in [1.82, 2.24) is 25.3 Å². The van der Waals surface area contributed by atoms with Crippen LogP contribution in [0.4, 0.5) is 0 Å². The Morgan fingerprint density at radius 1 is 1.31 bits per heavy atom. The van der Waals surface area contributed by atoms with E-state index in [-0.39, 0.29) is 0 Å². The summed E-state index contributed by atoms with van der Waals surface area (Å²) in [6, 6.07) is 1.16. The highest BCUT2D eigenvalue weighted by molar-refractivity contribution is 5.79. The monoisotopic (exact) mass is 360 g/mol. The second-order valence-electron chi connectivity index (χ2n) is 8.19. The Morgan fingerprint density at radius 2 is 2.04 bits per heavy atom. The minimum atomic E-state index is 0.314. The Morgan fingerprint density at radius 3 is 2.58 bits per heavy atom. The average molecular weight is 361 g/mol. The van der Waals surface area contributed by atoms with Crippen molar-refractivity contribution in [2.45, 2.75) is 65.0 Å². The van der Waals surface area contributed by atoms with Crippen LogP contribution in [-0.4, -0.2) is 59.4 Å². The van der Waals surface area contributed by atoms with Crippen molar-refractivity contribution < 1.29 is 0 Å². The van der Waals surface area contributed by atoms with Gasteiger partial charge in [0.05, 0.1) is 5.69 Å². The Bertz CT molecular complexity index is 626. The molecule has 2 N–H and O–H groups in total. The summed E-state index contributed by atoms with van der Waals surface area (Å²) in [6.07, 6.45) is 6.61. The Hall–Kier alpha value is -1.56. The molecule has 0 saturated heterocycles. The van der Waals surface area contributed by atoms with E-state index in [1.807, 2.05) is 18.8 Å². The molecule has 0 amide bonds. The number of aromatic nitrogens is 2. The van der Waals surface area contributed by atoms with Crippen molar-refractivity contribution in [3.8, 4) is 0 Å². The molecule has 2 aliphatic carbocycles. The molecule has 1 aromatic heterocycles. The Kier molecular flexibility index (Phi) is 6.22. The second kappa shape index (κ2) is 8.42. The lowest BCUT2D eigenvalue weighted by molar-refractivity contribution is 0.256. The van der Waals surface area contributed by atoms with Gasteiger partial charge in [-0.1, -0.05) is 0 Å². The maximum atomic E-state index is 4.52. The first-order valence-electron chi connectivity index (χ1n) is 10.2. The number of hydrogen-bond acceptors (Lipinski definition) is 3. The lowest BCUT2D eigenvalue weighted by Crippen LogP contribution is -2.46. The minimum Gasteiger partial charge on any atom is -0.355 e. The highest BCUT2D eigenvalue weighted by Gasteiger charge is 2.33. The molecule has 1 atom stereocenters. The van der Waals surface area contributed by atoms with E-state index in [1.54, 1.807) is 0 Å². The highest BCUT2D eigenvalue weighted by atomic mass is 15.3. The number of aliphatic imine (C=N–C) groups is 1. The molecule has 1 aromatic rings.